The first kappa shape index (κ1) is 11.7. The molecular weight excluding hydrogens is 238 g/mol. The maximum Gasteiger partial charge on any atom is 0.157 e. The SMILES string of the molecule is COCc1nc(N)cc(Sc2ccncn2)n1. The number of hydrogen-bond acceptors (Lipinski definition) is 7. The monoisotopic (exact) mass is 249 g/mol. The van der Waals surface area contributed by atoms with Crippen molar-refractivity contribution in [3.63, 3.8) is 0 Å². The zero-order chi connectivity index (χ0) is 12.1. The maximum atomic E-state index is 5.69. The predicted molar refractivity (Wildman–Crippen MR) is 63.3 cm³/mol. The van der Waals surface area contributed by atoms with E-state index < -0.39 is 0 Å². The van der Waals surface area contributed by atoms with Crippen LogP contribution in [0.2, 0.25) is 0 Å². The van der Waals surface area contributed by atoms with E-state index in [9.17, 15) is 0 Å². The minimum atomic E-state index is 0.336. The van der Waals surface area contributed by atoms with Gasteiger partial charge in [0.05, 0.1) is 0 Å². The number of rotatable bonds is 4. The van der Waals surface area contributed by atoms with Crippen LogP contribution in [0.15, 0.2) is 34.7 Å². The molecule has 2 aromatic heterocycles. The summed E-state index contributed by atoms with van der Waals surface area (Å²) < 4.78 is 4.97. The van der Waals surface area contributed by atoms with Gasteiger partial charge in [0.1, 0.15) is 28.8 Å². The van der Waals surface area contributed by atoms with Crippen molar-refractivity contribution < 1.29 is 4.74 Å². The fourth-order valence-electron chi connectivity index (χ4n) is 1.18. The summed E-state index contributed by atoms with van der Waals surface area (Å²) in [6.07, 6.45) is 3.17. The third-order valence-corrected chi connectivity index (χ3v) is 2.68. The molecule has 0 atom stereocenters. The molecule has 0 spiro atoms. The van der Waals surface area contributed by atoms with Crippen LogP contribution in [0.4, 0.5) is 5.82 Å². The lowest BCUT2D eigenvalue weighted by Crippen LogP contribution is -2.01. The molecule has 7 heteroatoms. The Hall–Kier alpha value is -1.73. The van der Waals surface area contributed by atoms with Crippen LogP contribution >= 0.6 is 11.8 Å². The lowest BCUT2D eigenvalue weighted by Gasteiger charge is -2.04. The number of methoxy groups -OCH3 is 1. The number of nitrogens with two attached hydrogens (primary N) is 1. The van der Waals surface area contributed by atoms with Crippen LogP contribution in [0.3, 0.4) is 0 Å². The van der Waals surface area contributed by atoms with Gasteiger partial charge in [-0.05, 0) is 17.8 Å². The first-order chi connectivity index (χ1) is 8.28. The molecule has 0 aliphatic rings. The summed E-state index contributed by atoms with van der Waals surface area (Å²) in [5.41, 5.74) is 5.69. The Bertz CT molecular complexity index is 493. The number of nitrogens with zero attached hydrogens (tertiary/aromatic N) is 4. The Labute approximate surface area is 103 Å². The molecule has 0 amide bonds. The van der Waals surface area contributed by atoms with Gasteiger partial charge in [-0.3, -0.25) is 0 Å². The van der Waals surface area contributed by atoms with E-state index in [0.29, 0.717) is 18.2 Å². The Morgan fingerprint density at radius 2 is 2.24 bits per heavy atom. The minimum Gasteiger partial charge on any atom is -0.384 e. The molecule has 2 N–H and O–H groups in total. The van der Waals surface area contributed by atoms with Crippen LogP contribution in [-0.4, -0.2) is 27.0 Å². The molecule has 6 nitrogen and oxygen atoms in total. The van der Waals surface area contributed by atoms with Crippen LogP contribution < -0.4 is 5.73 Å². The molecule has 0 aliphatic carbocycles. The largest absolute Gasteiger partial charge is 0.384 e. The van der Waals surface area contributed by atoms with Gasteiger partial charge in [-0.15, -0.1) is 0 Å². The number of hydrogen-bond donors (Lipinski definition) is 1. The Morgan fingerprint density at radius 1 is 1.35 bits per heavy atom. The Kier molecular flexibility index (Phi) is 3.84. The van der Waals surface area contributed by atoms with Gasteiger partial charge in [-0.2, -0.15) is 0 Å². The van der Waals surface area contributed by atoms with E-state index >= 15 is 0 Å². The van der Waals surface area contributed by atoms with Crippen LogP contribution in [0, 0.1) is 0 Å². The zero-order valence-electron chi connectivity index (χ0n) is 9.20. The molecule has 0 aliphatic heterocycles. The molecule has 0 bridgehead atoms. The van der Waals surface area contributed by atoms with Crippen molar-refractivity contribution >= 4 is 17.6 Å². The highest BCUT2D eigenvalue weighted by atomic mass is 32.2. The van der Waals surface area contributed by atoms with E-state index in [0.717, 1.165) is 10.1 Å². The molecule has 2 aromatic rings. The second-order valence-electron chi connectivity index (χ2n) is 3.13. The van der Waals surface area contributed by atoms with Crippen LogP contribution in [0.5, 0.6) is 0 Å². The average molecular weight is 249 g/mol. The van der Waals surface area contributed by atoms with Gasteiger partial charge in [0.2, 0.25) is 0 Å². The molecule has 0 aromatic carbocycles. The molecule has 88 valence electrons. The topological polar surface area (TPSA) is 86.8 Å². The van der Waals surface area contributed by atoms with Gasteiger partial charge >= 0.3 is 0 Å². The quantitative estimate of drug-likeness (QED) is 0.813. The number of nitrogen functional groups attached to an aromatic ring is 1. The highest BCUT2D eigenvalue weighted by Crippen LogP contribution is 2.24. The molecule has 17 heavy (non-hydrogen) atoms. The normalized spacial score (nSPS) is 10.4. The fraction of sp³-hybridized carbons (Fsp3) is 0.200. The van der Waals surface area contributed by atoms with Crippen LogP contribution in [0.25, 0.3) is 0 Å². The van der Waals surface area contributed by atoms with Gasteiger partial charge in [0, 0.05) is 19.4 Å². The van der Waals surface area contributed by atoms with E-state index in [2.05, 4.69) is 19.9 Å². The summed E-state index contributed by atoms with van der Waals surface area (Å²) in [5, 5.41) is 1.55. The first-order valence-electron chi connectivity index (χ1n) is 4.84. The molecule has 0 fully saturated rings. The number of ether oxygens (including phenoxy) is 1. The lowest BCUT2D eigenvalue weighted by molar-refractivity contribution is 0.177. The second-order valence-corrected chi connectivity index (χ2v) is 4.17. The molecule has 0 saturated heterocycles. The Balaban J connectivity index is 2.21. The fourth-order valence-corrected chi connectivity index (χ4v) is 1.96. The minimum absolute atomic E-state index is 0.336. The van der Waals surface area contributed by atoms with Crippen molar-refractivity contribution in [2.45, 2.75) is 16.7 Å². The summed E-state index contributed by atoms with van der Waals surface area (Å²) in [6.45, 7) is 0.336. The van der Waals surface area contributed by atoms with E-state index in [1.807, 2.05) is 0 Å². The molecule has 2 heterocycles. The lowest BCUT2D eigenvalue weighted by atomic mass is 10.5. The standard InChI is InChI=1S/C10H11N5OS/c1-16-5-8-14-7(11)4-10(15-8)17-9-2-3-12-6-13-9/h2-4,6H,5H2,1H3,(H2,11,14,15). The molecular formula is C10H11N5OS. The van der Waals surface area contributed by atoms with Crippen molar-refractivity contribution in [3.8, 4) is 0 Å². The van der Waals surface area contributed by atoms with Crippen molar-refractivity contribution in [2.75, 3.05) is 12.8 Å². The highest BCUT2D eigenvalue weighted by Gasteiger charge is 2.05. The summed E-state index contributed by atoms with van der Waals surface area (Å²) in [6, 6.07) is 3.50. The molecule has 0 saturated carbocycles. The average Bonchev–Trinajstić information content (AvgIpc) is 2.30. The van der Waals surface area contributed by atoms with Gasteiger partial charge in [-0.25, -0.2) is 19.9 Å². The van der Waals surface area contributed by atoms with Gasteiger partial charge < -0.3 is 10.5 Å². The summed E-state index contributed by atoms with van der Waals surface area (Å²) >= 11 is 1.40. The molecule has 0 unspecified atom stereocenters. The van der Waals surface area contributed by atoms with Crippen LogP contribution in [0.1, 0.15) is 5.82 Å². The zero-order valence-corrected chi connectivity index (χ0v) is 10.0. The molecule has 0 radical (unpaired) electrons. The molecule has 2 rings (SSSR count). The van der Waals surface area contributed by atoms with Crippen molar-refractivity contribution in [2.24, 2.45) is 0 Å². The summed E-state index contributed by atoms with van der Waals surface area (Å²) in [5.74, 6) is 0.979. The van der Waals surface area contributed by atoms with Crippen LogP contribution in [-0.2, 0) is 11.3 Å². The maximum absolute atomic E-state index is 5.69. The Morgan fingerprint density at radius 3 is 2.94 bits per heavy atom. The smallest absolute Gasteiger partial charge is 0.157 e. The third-order valence-electron chi connectivity index (χ3n) is 1.81. The number of aromatic nitrogens is 4. The van der Waals surface area contributed by atoms with E-state index in [1.54, 1.807) is 25.4 Å². The number of anilines is 1. The summed E-state index contributed by atoms with van der Waals surface area (Å²) in [4.78, 5) is 16.3. The van der Waals surface area contributed by atoms with E-state index in [1.165, 1.54) is 18.1 Å². The van der Waals surface area contributed by atoms with E-state index in [-0.39, 0.29) is 0 Å². The van der Waals surface area contributed by atoms with Crippen molar-refractivity contribution in [1.82, 2.24) is 19.9 Å². The van der Waals surface area contributed by atoms with Crippen molar-refractivity contribution in [3.05, 3.63) is 30.5 Å². The third kappa shape index (κ3) is 3.36. The summed E-state index contributed by atoms with van der Waals surface area (Å²) in [7, 11) is 1.59. The van der Waals surface area contributed by atoms with Crippen molar-refractivity contribution in [1.29, 1.82) is 0 Å². The van der Waals surface area contributed by atoms with Gasteiger partial charge in [0.25, 0.3) is 0 Å². The first-order valence-corrected chi connectivity index (χ1v) is 5.66. The highest BCUT2D eigenvalue weighted by molar-refractivity contribution is 7.99. The second kappa shape index (κ2) is 5.55. The van der Waals surface area contributed by atoms with E-state index in [4.69, 9.17) is 10.5 Å². The van der Waals surface area contributed by atoms with Gasteiger partial charge in [0.15, 0.2) is 5.82 Å². The predicted octanol–water partition coefficient (Wildman–Crippen LogP) is 1.15. The van der Waals surface area contributed by atoms with Gasteiger partial charge in [-0.1, -0.05) is 0 Å².